The Morgan fingerprint density at radius 3 is 2.96 bits per heavy atom. The maximum Gasteiger partial charge on any atom is 0.278 e. The first-order valence-electron chi connectivity index (χ1n) is 7.21. The molecule has 0 amide bonds. The lowest BCUT2D eigenvalue weighted by molar-refractivity contribution is 0.174. The number of nitriles is 1. The monoisotopic (exact) mass is 384 g/mol. The highest BCUT2D eigenvalue weighted by Crippen LogP contribution is 2.36. The van der Waals surface area contributed by atoms with Gasteiger partial charge in [0.05, 0.1) is 5.69 Å². The average Bonchev–Trinajstić information content (AvgIpc) is 3.25. The van der Waals surface area contributed by atoms with Crippen molar-refractivity contribution >= 4 is 38.2 Å². The molecule has 4 heterocycles. The van der Waals surface area contributed by atoms with E-state index in [9.17, 15) is 10.1 Å². The van der Waals surface area contributed by atoms with Gasteiger partial charge in [-0.1, -0.05) is 22.9 Å². The van der Waals surface area contributed by atoms with Crippen molar-refractivity contribution in [3.8, 4) is 28.8 Å². The highest BCUT2D eigenvalue weighted by atomic mass is 35.5. The summed E-state index contributed by atoms with van der Waals surface area (Å²) in [5.74, 6) is 1.13. The Morgan fingerprint density at radius 2 is 2.12 bits per heavy atom. The number of hydrogen-bond donors (Lipinski definition) is 0. The Hall–Kier alpha value is -3.29. The number of aromatic nitrogens is 5. The maximum absolute atomic E-state index is 12.9. The molecule has 5 rings (SSSR count). The molecule has 3 aromatic heterocycles. The van der Waals surface area contributed by atoms with Gasteiger partial charge >= 0.3 is 0 Å². The summed E-state index contributed by atoms with van der Waals surface area (Å²) < 4.78 is 12.3. The van der Waals surface area contributed by atoms with Gasteiger partial charge in [-0.05, 0) is 23.4 Å². The van der Waals surface area contributed by atoms with Crippen molar-refractivity contribution in [3.63, 3.8) is 0 Å². The van der Waals surface area contributed by atoms with E-state index in [0.29, 0.717) is 26.7 Å². The van der Waals surface area contributed by atoms with Gasteiger partial charge in [-0.2, -0.15) is 5.26 Å². The van der Waals surface area contributed by atoms with Crippen LogP contribution in [0.5, 0.6) is 11.5 Å². The minimum Gasteiger partial charge on any atom is -0.454 e. The zero-order chi connectivity index (χ0) is 17.8. The molecule has 11 heteroatoms. The molecule has 126 valence electrons. The fourth-order valence-electron chi connectivity index (χ4n) is 2.72. The molecule has 0 unspecified atom stereocenters. The van der Waals surface area contributed by atoms with Crippen molar-refractivity contribution in [2.45, 2.75) is 0 Å². The van der Waals surface area contributed by atoms with Crippen LogP contribution in [0.4, 0.5) is 0 Å². The van der Waals surface area contributed by atoms with Crippen molar-refractivity contribution in [2.75, 3.05) is 6.79 Å². The third-order valence-corrected chi connectivity index (χ3v) is 5.29. The summed E-state index contributed by atoms with van der Waals surface area (Å²) in [6.07, 6.45) is 0. The van der Waals surface area contributed by atoms with E-state index in [1.165, 1.54) is 4.40 Å². The Balaban J connectivity index is 1.87. The van der Waals surface area contributed by atoms with Crippen LogP contribution >= 0.6 is 22.9 Å². The van der Waals surface area contributed by atoms with E-state index in [2.05, 4.69) is 20.4 Å². The number of nitrogens with zero attached hydrogens (tertiary/aromatic N) is 6. The summed E-state index contributed by atoms with van der Waals surface area (Å²) in [6.45, 7) is 0.125. The Morgan fingerprint density at radius 1 is 1.27 bits per heavy atom. The Kier molecular flexibility index (Phi) is 3.09. The van der Waals surface area contributed by atoms with Crippen LogP contribution in [0.1, 0.15) is 5.56 Å². The van der Waals surface area contributed by atoms with E-state index >= 15 is 0 Å². The van der Waals surface area contributed by atoms with Gasteiger partial charge in [0.15, 0.2) is 27.3 Å². The lowest BCUT2D eigenvalue weighted by Crippen LogP contribution is -2.19. The molecule has 0 aliphatic carbocycles. The smallest absolute Gasteiger partial charge is 0.278 e. The molecule has 1 aliphatic rings. The molecule has 1 aromatic carbocycles. The van der Waals surface area contributed by atoms with E-state index < -0.39 is 5.56 Å². The van der Waals surface area contributed by atoms with Crippen LogP contribution in [0.25, 0.3) is 26.6 Å². The lowest BCUT2D eigenvalue weighted by Gasteiger charge is -2.05. The lowest BCUT2D eigenvalue weighted by atomic mass is 10.1. The van der Waals surface area contributed by atoms with Crippen molar-refractivity contribution in [1.29, 1.82) is 5.26 Å². The quantitative estimate of drug-likeness (QED) is 0.489. The van der Waals surface area contributed by atoms with E-state index in [-0.39, 0.29) is 28.9 Å². The van der Waals surface area contributed by atoms with Gasteiger partial charge in [-0.3, -0.25) is 4.79 Å². The first-order chi connectivity index (χ1) is 12.7. The number of ether oxygens (including phenoxy) is 2. The minimum atomic E-state index is -0.548. The van der Waals surface area contributed by atoms with E-state index in [1.54, 1.807) is 18.2 Å². The van der Waals surface area contributed by atoms with Crippen LogP contribution in [-0.2, 0) is 0 Å². The molecule has 26 heavy (non-hydrogen) atoms. The zero-order valence-electron chi connectivity index (χ0n) is 12.6. The van der Waals surface area contributed by atoms with E-state index in [4.69, 9.17) is 21.1 Å². The van der Waals surface area contributed by atoms with Gasteiger partial charge in [0.25, 0.3) is 5.56 Å². The molecule has 4 aromatic rings. The van der Waals surface area contributed by atoms with Gasteiger partial charge in [0.1, 0.15) is 16.3 Å². The SMILES string of the molecule is N#Cc1c(-c2ccc3c(c2)OCO3)nc2sc3c(Cl)nnnc3n2c1=O. The number of benzene rings is 1. The van der Waals surface area contributed by atoms with Crippen LogP contribution in [0.15, 0.2) is 23.0 Å². The second-order valence-electron chi connectivity index (χ2n) is 5.27. The fraction of sp³-hybridized carbons (Fsp3) is 0.0667. The maximum atomic E-state index is 12.9. The van der Waals surface area contributed by atoms with Crippen LogP contribution < -0.4 is 15.0 Å². The molecule has 0 bridgehead atoms. The van der Waals surface area contributed by atoms with Gasteiger partial charge in [0, 0.05) is 5.56 Å². The van der Waals surface area contributed by atoms with Crippen molar-refractivity contribution < 1.29 is 9.47 Å². The number of rotatable bonds is 1. The van der Waals surface area contributed by atoms with Crippen LogP contribution in [-0.4, -0.2) is 31.6 Å². The van der Waals surface area contributed by atoms with Crippen molar-refractivity contribution in [2.24, 2.45) is 0 Å². The highest BCUT2D eigenvalue weighted by molar-refractivity contribution is 7.24. The van der Waals surface area contributed by atoms with Crippen molar-refractivity contribution in [3.05, 3.63) is 39.3 Å². The molecule has 0 N–H and O–H groups in total. The Labute approximate surface area is 153 Å². The molecule has 0 fully saturated rings. The van der Waals surface area contributed by atoms with E-state index in [0.717, 1.165) is 11.3 Å². The number of thiazole rings is 1. The first kappa shape index (κ1) is 15.0. The summed E-state index contributed by atoms with van der Waals surface area (Å²) in [5, 5.41) is 20.7. The standard InChI is InChI=1S/C15H5ClN6O3S/c16-12-11-13(20-21-19-12)22-14(23)7(4-17)10(18-15(22)26-11)6-1-2-8-9(3-6)25-5-24-8/h1-3H,5H2. The van der Waals surface area contributed by atoms with Gasteiger partial charge < -0.3 is 9.47 Å². The average molecular weight is 385 g/mol. The first-order valence-corrected chi connectivity index (χ1v) is 8.41. The number of fused-ring (bicyclic) bond motifs is 4. The molecule has 0 radical (unpaired) electrons. The van der Waals surface area contributed by atoms with Gasteiger partial charge in [-0.15, -0.1) is 10.2 Å². The normalized spacial score (nSPS) is 12.6. The van der Waals surface area contributed by atoms with Crippen molar-refractivity contribution in [1.82, 2.24) is 24.8 Å². The Bertz CT molecular complexity index is 1330. The van der Waals surface area contributed by atoms with Crippen LogP contribution in [0.3, 0.4) is 0 Å². The fourth-order valence-corrected chi connectivity index (χ4v) is 3.89. The summed E-state index contributed by atoms with van der Waals surface area (Å²) in [5.41, 5.74) is 0.373. The van der Waals surface area contributed by atoms with E-state index in [1.807, 2.05) is 6.07 Å². The molecular formula is C15H5ClN6O3S. The highest BCUT2D eigenvalue weighted by Gasteiger charge is 2.22. The molecular weight excluding hydrogens is 380 g/mol. The summed E-state index contributed by atoms with van der Waals surface area (Å²) in [4.78, 5) is 17.7. The molecule has 0 spiro atoms. The molecule has 0 atom stereocenters. The third-order valence-electron chi connectivity index (χ3n) is 3.88. The number of hydrogen-bond acceptors (Lipinski definition) is 9. The molecule has 0 saturated carbocycles. The van der Waals surface area contributed by atoms with Crippen LogP contribution in [0, 0.1) is 11.3 Å². The summed E-state index contributed by atoms with van der Waals surface area (Å²) in [7, 11) is 0. The molecule has 1 aliphatic heterocycles. The predicted molar refractivity (Wildman–Crippen MR) is 91.5 cm³/mol. The second-order valence-corrected chi connectivity index (χ2v) is 6.61. The van der Waals surface area contributed by atoms with Gasteiger partial charge in [0.2, 0.25) is 6.79 Å². The number of halogens is 1. The van der Waals surface area contributed by atoms with Gasteiger partial charge in [-0.25, -0.2) is 9.38 Å². The topological polar surface area (TPSA) is 115 Å². The third kappa shape index (κ3) is 1.98. The largest absolute Gasteiger partial charge is 0.454 e. The molecule has 0 saturated heterocycles. The summed E-state index contributed by atoms with van der Waals surface area (Å²) >= 11 is 7.18. The zero-order valence-corrected chi connectivity index (χ0v) is 14.2. The van der Waals surface area contributed by atoms with Crippen LogP contribution in [0.2, 0.25) is 5.15 Å². The second kappa shape index (κ2) is 5.35. The molecule has 9 nitrogen and oxygen atoms in total. The predicted octanol–water partition coefficient (Wildman–Crippen LogP) is 2.01. The minimum absolute atomic E-state index is 0.115. The summed E-state index contributed by atoms with van der Waals surface area (Å²) in [6, 6.07) is 7.04.